The summed E-state index contributed by atoms with van der Waals surface area (Å²) in [5.41, 5.74) is 1.18. The minimum absolute atomic E-state index is 0.208. The monoisotopic (exact) mass is 324 g/mol. The van der Waals surface area contributed by atoms with Gasteiger partial charge in [0.1, 0.15) is 11.4 Å². The normalized spacial score (nSPS) is 11.4. The third-order valence-corrected chi connectivity index (χ3v) is 3.22. The van der Waals surface area contributed by atoms with Gasteiger partial charge in [0, 0.05) is 31.7 Å². The number of hydrogen-bond acceptors (Lipinski definition) is 3. The van der Waals surface area contributed by atoms with Crippen molar-refractivity contribution >= 4 is 6.09 Å². The van der Waals surface area contributed by atoms with Crippen LogP contribution < -0.4 is 5.32 Å². The molecule has 0 aromatic heterocycles. The zero-order valence-corrected chi connectivity index (χ0v) is 14.9. The Hall–Kier alpha value is -1.62. The van der Waals surface area contributed by atoms with Gasteiger partial charge in [0.15, 0.2) is 0 Å². The molecule has 0 radical (unpaired) electrons. The summed E-state index contributed by atoms with van der Waals surface area (Å²) in [5.74, 6) is -0.208. The molecule has 1 N–H and O–H groups in total. The molecule has 130 valence electrons. The number of halogens is 1. The maximum absolute atomic E-state index is 13.7. The number of nitrogens with zero attached hydrogens (tertiary/aromatic N) is 1. The molecule has 0 spiro atoms. The second kappa shape index (κ2) is 8.87. The van der Waals surface area contributed by atoms with Crippen molar-refractivity contribution in [2.75, 3.05) is 19.6 Å². The summed E-state index contributed by atoms with van der Waals surface area (Å²) in [4.78, 5) is 13.8. The summed E-state index contributed by atoms with van der Waals surface area (Å²) in [5, 5.41) is 3.19. The highest BCUT2D eigenvalue weighted by molar-refractivity contribution is 5.68. The maximum atomic E-state index is 13.7. The fraction of sp³-hybridized carbons (Fsp3) is 0.611. The van der Waals surface area contributed by atoms with E-state index in [1.165, 1.54) is 6.07 Å². The number of benzene rings is 1. The lowest BCUT2D eigenvalue weighted by atomic mass is 10.1. The lowest BCUT2D eigenvalue weighted by Gasteiger charge is -2.27. The molecule has 5 heteroatoms. The molecule has 0 aliphatic rings. The summed E-state index contributed by atoms with van der Waals surface area (Å²) in [7, 11) is 0. The van der Waals surface area contributed by atoms with Gasteiger partial charge < -0.3 is 15.0 Å². The summed E-state index contributed by atoms with van der Waals surface area (Å²) >= 11 is 0. The molecule has 0 heterocycles. The van der Waals surface area contributed by atoms with Crippen LogP contribution in [0.4, 0.5) is 9.18 Å². The molecule has 0 bridgehead atoms. The van der Waals surface area contributed by atoms with Crippen LogP contribution >= 0.6 is 0 Å². The van der Waals surface area contributed by atoms with Crippen molar-refractivity contribution in [3.8, 4) is 0 Å². The number of carbonyl (C=O) groups excluding carboxylic acids is 1. The van der Waals surface area contributed by atoms with E-state index in [0.717, 1.165) is 12.0 Å². The third-order valence-electron chi connectivity index (χ3n) is 3.22. The average Bonchev–Trinajstić information content (AvgIpc) is 2.43. The Morgan fingerprint density at radius 1 is 1.30 bits per heavy atom. The molecule has 4 nitrogen and oxygen atoms in total. The lowest BCUT2D eigenvalue weighted by molar-refractivity contribution is 0.0252. The Labute approximate surface area is 139 Å². The number of amides is 1. The first kappa shape index (κ1) is 19.4. The molecule has 0 fully saturated rings. The van der Waals surface area contributed by atoms with Crippen molar-refractivity contribution in [1.82, 2.24) is 10.2 Å². The first-order chi connectivity index (χ1) is 10.7. The third kappa shape index (κ3) is 7.46. The highest BCUT2D eigenvalue weighted by Gasteiger charge is 2.21. The minimum Gasteiger partial charge on any atom is -0.444 e. The van der Waals surface area contributed by atoms with E-state index in [4.69, 9.17) is 4.74 Å². The van der Waals surface area contributed by atoms with Gasteiger partial charge in [-0.15, -0.1) is 0 Å². The Morgan fingerprint density at radius 3 is 2.61 bits per heavy atom. The number of rotatable bonds is 7. The van der Waals surface area contributed by atoms with Crippen LogP contribution in [0.5, 0.6) is 0 Å². The highest BCUT2D eigenvalue weighted by Crippen LogP contribution is 2.11. The van der Waals surface area contributed by atoms with E-state index in [0.29, 0.717) is 31.7 Å². The standard InChI is InChI=1S/C18H29FN2O2/c1-6-10-21(17(22)23-18(3,4)5)11-9-20-13-15-12-14(2)7-8-16(15)19/h7-8,12,20H,6,9-11,13H2,1-5H3. The Kier molecular flexibility index (Phi) is 7.49. The Bertz CT molecular complexity index is 512. The van der Waals surface area contributed by atoms with E-state index >= 15 is 0 Å². The Balaban J connectivity index is 2.46. The van der Waals surface area contributed by atoms with Crippen molar-refractivity contribution in [2.45, 2.75) is 53.2 Å². The van der Waals surface area contributed by atoms with E-state index in [2.05, 4.69) is 5.32 Å². The van der Waals surface area contributed by atoms with Gasteiger partial charge in [-0.25, -0.2) is 9.18 Å². The molecule has 0 unspecified atom stereocenters. The van der Waals surface area contributed by atoms with E-state index in [9.17, 15) is 9.18 Å². The molecular formula is C18H29FN2O2. The molecule has 0 saturated carbocycles. The van der Waals surface area contributed by atoms with E-state index in [-0.39, 0.29) is 11.9 Å². The van der Waals surface area contributed by atoms with Gasteiger partial charge in [0.05, 0.1) is 0 Å². The van der Waals surface area contributed by atoms with Crippen LogP contribution in [0.2, 0.25) is 0 Å². The van der Waals surface area contributed by atoms with E-state index in [1.54, 1.807) is 11.0 Å². The number of hydrogen-bond donors (Lipinski definition) is 1. The molecule has 0 atom stereocenters. The quantitative estimate of drug-likeness (QED) is 0.774. The molecule has 1 amide bonds. The zero-order valence-electron chi connectivity index (χ0n) is 14.9. The number of carbonyl (C=O) groups is 1. The molecule has 0 saturated heterocycles. The van der Waals surface area contributed by atoms with Crippen LogP contribution in [0.1, 0.15) is 45.2 Å². The predicted octanol–water partition coefficient (Wildman–Crippen LogP) is 3.87. The van der Waals surface area contributed by atoms with Crippen LogP contribution in [-0.2, 0) is 11.3 Å². The van der Waals surface area contributed by atoms with Gasteiger partial charge in [0.25, 0.3) is 0 Å². The molecule has 1 rings (SSSR count). The average molecular weight is 324 g/mol. The van der Waals surface area contributed by atoms with Crippen molar-refractivity contribution in [1.29, 1.82) is 0 Å². The topological polar surface area (TPSA) is 41.6 Å². The summed E-state index contributed by atoms with van der Waals surface area (Å²) < 4.78 is 19.1. The van der Waals surface area contributed by atoms with Crippen LogP contribution in [0.3, 0.4) is 0 Å². The summed E-state index contributed by atoms with van der Waals surface area (Å²) in [6.45, 7) is 11.7. The maximum Gasteiger partial charge on any atom is 0.410 e. The highest BCUT2D eigenvalue weighted by atomic mass is 19.1. The second-order valence-electron chi connectivity index (χ2n) is 6.74. The van der Waals surface area contributed by atoms with Crippen LogP contribution in [0.25, 0.3) is 0 Å². The smallest absolute Gasteiger partial charge is 0.410 e. The fourth-order valence-corrected chi connectivity index (χ4v) is 2.17. The molecular weight excluding hydrogens is 295 g/mol. The molecule has 0 aliphatic heterocycles. The summed E-state index contributed by atoms with van der Waals surface area (Å²) in [6.07, 6.45) is 0.564. The Morgan fingerprint density at radius 2 is 2.00 bits per heavy atom. The molecule has 1 aromatic rings. The van der Waals surface area contributed by atoms with Gasteiger partial charge in [-0.3, -0.25) is 0 Å². The minimum atomic E-state index is -0.499. The number of nitrogens with one attached hydrogen (secondary N) is 1. The van der Waals surface area contributed by atoms with Crippen molar-refractivity contribution < 1.29 is 13.9 Å². The largest absolute Gasteiger partial charge is 0.444 e. The SMILES string of the molecule is CCCN(CCNCc1cc(C)ccc1F)C(=O)OC(C)(C)C. The zero-order chi connectivity index (χ0) is 17.5. The van der Waals surface area contributed by atoms with Gasteiger partial charge in [-0.05, 0) is 40.2 Å². The van der Waals surface area contributed by atoms with Gasteiger partial charge >= 0.3 is 6.09 Å². The van der Waals surface area contributed by atoms with Crippen LogP contribution in [0, 0.1) is 12.7 Å². The van der Waals surface area contributed by atoms with Crippen LogP contribution in [0.15, 0.2) is 18.2 Å². The molecule has 1 aromatic carbocycles. The predicted molar refractivity (Wildman–Crippen MR) is 90.9 cm³/mol. The van der Waals surface area contributed by atoms with Crippen molar-refractivity contribution in [3.63, 3.8) is 0 Å². The summed E-state index contributed by atoms with van der Waals surface area (Å²) in [6, 6.07) is 5.07. The first-order valence-corrected chi connectivity index (χ1v) is 8.16. The number of aryl methyl sites for hydroxylation is 1. The fourth-order valence-electron chi connectivity index (χ4n) is 2.17. The van der Waals surface area contributed by atoms with Crippen molar-refractivity contribution in [2.24, 2.45) is 0 Å². The first-order valence-electron chi connectivity index (χ1n) is 8.16. The van der Waals surface area contributed by atoms with Gasteiger partial charge in [-0.1, -0.05) is 24.6 Å². The van der Waals surface area contributed by atoms with Crippen molar-refractivity contribution in [3.05, 3.63) is 35.1 Å². The lowest BCUT2D eigenvalue weighted by Crippen LogP contribution is -2.40. The van der Waals surface area contributed by atoms with Crippen LogP contribution in [-0.4, -0.2) is 36.2 Å². The van der Waals surface area contributed by atoms with Gasteiger partial charge in [0.2, 0.25) is 0 Å². The van der Waals surface area contributed by atoms with Gasteiger partial charge in [-0.2, -0.15) is 0 Å². The number of ether oxygens (including phenoxy) is 1. The van der Waals surface area contributed by atoms with E-state index in [1.807, 2.05) is 40.7 Å². The molecule has 23 heavy (non-hydrogen) atoms. The van der Waals surface area contributed by atoms with E-state index < -0.39 is 5.60 Å². The molecule has 0 aliphatic carbocycles. The second-order valence-corrected chi connectivity index (χ2v) is 6.74.